The van der Waals surface area contributed by atoms with Gasteiger partial charge in [0.05, 0.1) is 0 Å². The van der Waals surface area contributed by atoms with Crippen LogP contribution in [0.4, 0.5) is 0 Å². The third kappa shape index (κ3) is 2.33. The molecule has 1 N–H and O–H groups in total. The molecule has 3 unspecified atom stereocenters. The lowest BCUT2D eigenvalue weighted by atomic mass is 9.72. The van der Waals surface area contributed by atoms with Gasteiger partial charge in [-0.15, -0.1) is 0 Å². The molecule has 106 valence electrons. The number of carbonyl (C=O) groups excluding carboxylic acids is 1. The molecule has 2 aliphatic heterocycles. The summed E-state index contributed by atoms with van der Waals surface area (Å²) in [7, 11) is 0. The van der Waals surface area contributed by atoms with Gasteiger partial charge >= 0.3 is 0 Å². The van der Waals surface area contributed by atoms with Gasteiger partial charge in [-0.3, -0.25) is 4.79 Å². The minimum absolute atomic E-state index is 0.320. The molecule has 3 heteroatoms. The van der Waals surface area contributed by atoms with E-state index in [2.05, 4.69) is 17.1 Å². The maximum absolute atomic E-state index is 12.7. The number of likely N-dealkylation sites (tertiary alicyclic amines) is 1. The molecule has 0 radical (unpaired) electrons. The van der Waals surface area contributed by atoms with E-state index in [4.69, 9.17) is 0 Å². The van der Waals surface area contributed by atoms with Gasteiger partial charge in [0.1, 0.15) is 0 Å². The Morgan fingerprint density at radius 3 is 2.63 bits per heavy atom. The number of nitrogens with zero attached hydrogens (tertiary/aromatic N) is 1. The van der Waals surface area contributed by atoms with Crippen molar-refractivity contribution in [3.05, 3.63) is 11.1 Å². The predicted octanol–water partition coefficient (Wildman–Crippen LogP) is 2.33. The molecule has 0 bridgehead atoms. The lowest BCUT2D eigenvalue weighted by molar-refractivity contribution is -0.134. The highest BCUT2D eigenvalue weighted by atomic mass is 16.2. The van der Waals surface area contributed by atoms with E-state index in [0.717, 1.165) is 37.0 Å². The third-order valence-electron chi connectivity index (χ3n) is 5.53. The Morgan fingerprint density at radius 1 is 1.21 bits per heavy atom. The van der Waals surface area contributed by atoms with Crippen LogP contribution in [-0.4, -0.2) is 36.5 Å². The molecule has 0 aromatic heterocycles. The van der Waals surface area contributed by atoms with Crippen LogP contribution in [0.5, 0.6) is 0 Å². The molecule has 3 rings (SSSR count). The average molecular weight is 262 g/mol. The van der Waals surface area contributed by atoms with Crippen molar-refractivity contribution < 1.29 is 4.79 Å². The molecule has 1 aliphatic carbocycles. The summed E-state index contributed by atoms with van der Waals surface area (Å²) in [5.74, 6) is 1.87. The monoisotopic (exact) mass is 262 g/mol. The van der Waals surface area contributed by atoms with Crippen molar-refractivity contribution in [2.75, 3.05) is 19.6 Å². The maximum atomic E-state index is 12.7. The summed E-state index contributed by atoms with van der Waals surface area (Å²) >= 11 is 0. The van der Waals surface area contributed by atoms with E-state index in [0.29, 0.717) is 11.9 Å². The molecule has 3 aliphatic rings. The van der Waals surface area contributed by atoms with Crippen molar-refractivity contribution in [2.24, 2.45) is 11.8 Å². The summed E-state index contributed by atoms with van der Waals surface area (Å²) in [5, 5.41) is 3.23. The number of nitrogens with one attached hydrogen (secondary N) is 1. The molecular weight excluding hydrogens is 236 g/mol. The smallest absolute Gasteiger partial charge is 0.249 e. The lowest BCUT2D eigenvalue weighted by Crippen LogP contribution is -2.53. The first-order chi connectivity index (χ1) is 9.18. The number of rotatable bonds is 1. The molecule has 1 amide bonds. The van der Waals surface area contributed by atoms with Gasteiger partial charge in [-0.1, -0.05) is 19.8 Å². The SMILES string of the molecule is CC(C(=O)N1CCC(C)C2CCCCC21)=C1CNC1. The van der Waals surface area contributed by atoms with E-state index in [1.54, 1.807) is 0 Å². The average Bonchev–Trinajstić information content (AvgIpc) is 2.37. The topological polar surface area (TPSA) is 32.3 Å². The zero-order valence-electron chi connectivity index (χ0n) is 12.2. The number of hydrogen-bond acceptors (Lipinski definition) is 2. The Bertz CT molecular complexity index is 396. The Hall–Kier alpha value is -0.830. The van der Waals surface area contributed by atoms with Crippen LogP contribution in [0.15, 0.2) is 11.1 Å². The number of amides is 1. The molecule has 3 nitrogen and oxygen atoms in total. The summed E-state index contributed by atoms with van der Waals surface area (Å²) in [4.78, 5) is 14.9. The van der Waals surface area contributed by atoms with E-state index in [1.807, 2.05) is 6.92 Å². The summed E-state index contributed by atoms with van der Waals surface area (Å²) in [6.07, 6.45) is 6.40. The molecular formula is C16H26N2O. The second-order valence-corrected chi connectivity index (χ2v) is 6.61. The van der Waals surface area contributed by atoms with Crippen LogP contribution in [0.2, 0.25) is 0 Å². The fourth-order valence-electron chi connectivity index (χ4n) is 4.05. The van der Waals surface area contributed by atoms with Crippen molar-refractivity contribution in [1.29, 1.82) is 0 Å². The van der Waals surface area contributed by atoms with Gasteiger partial charge in [0.2, 0.25) is 5.91 Å². The van der Waals surface area contributed by atoms with Crippen LogP contribution < -0.4 is 5.32 Å². The highest BCUT2D eigenvalue weighted by Gasteiger charge is 2.39. The molecule has 2 heterocycles. The van der Waals surface area contributed by atoms with Crippen molar-refractivity contribution >= 4 is 5.91 Å². The minimum Gasteiger partial charge on any atom is -0.336 e. The quantitative estimate of drug-likeness (QED) is 0.736. The zero-order chi connectivity index (χ0) is 13.4. The standard InChI is InChI=1S/C16H26N2O/c1-11-7-8-18(15-6-4-3-5-14(11)15)16(19)12(2)13-9-17-10-13/h11,14-15,17H,3-10H2,1-2H3. The van der Waals surface area contributed by atoms with Crippen LogP contribution in [0.1, 0.15) is 46.0 Å². The Labute approximate surface area is 116 Å². The second-order valence-electron chi connectivity index (χ2n) is 6.61. The van der Waals surface area contributed by atoms with E-state index in [1.165, 1.54) is 37.7 Å². The van der Waals surface area contributed by atoms with E-state index >= 15 is 0 Å². The largest absolute Gasteiger partial charge is 0.336 e. The van der Waals surface area contributed by atoms with E-state index < -0.39 is 0 Å². The van der Waals surface area contributed by atoms with Crippen LogP contribution in [0.3, 0.4) is 0 Å². The van der Waals surface area contributed by atoms with Gasteiger partial charge in [0, 0.05) is 31.2 Å². The maximum Gasteiger partial charge on any atom is 0.249 e. The summed E-state index contributed by atoms with van der Waals surface area (Å²) in [6.45, 7) is 7.20. The van der Waals surface area contributed by atoms with Crippen molar-refractivity contribution in [3.63, 3.8) is 0 Å². The fourth-order valence-corrected chi connectivity index (χ4v) is 4.05. The van der Waals surface area contributed by atoms with Gasteiger partial charge in [0.15, 0.2) is 0 Å². The zero-order valence-corrected chi connectivity index (χ0v) is 12.2. The molecule has 3 atom stereocenters. The molecule has 19 heavy (non-hydrogen) atoms. The number of hydrogen-bond donors (Lipinski definition) is 1. The van der Waals surface area contributed by atoms with Gasteiger partial charge < -0.3 is 10.2 Å². The molecule has 1 saturated carbocycles. The van der Waals surface area contributed by atoms with Crippen molar-refractivity contribution in [3.8, 4) is 0 Å². The molecule has 0 aromatic rings. The first kappa shape index (κ1) is 13.2. The first-order valence-corrected chi connectivity index (χ1v) is 7.89. The van der Waals surface area contributed by atoms with Crippen molar-refractivity contribution in [2.45, 2.75) is 52.0 Å². The van der Waals surface area contributed by atoms with E-state index in [-0.39, 0.29) is 0 Å². The Morgan fingerprint density at radius 2 is 1.95 bits per heavy atom. The highest BCUT2D eigenvalue weighted by Crippen LogP contribution is 2.39. The first-order valence-electron chi connectivity index (χ1n) is 7.89. The molecule has 2 saturated heterocycles. The number of fused-ring (bicyclic) bond motifs is 1. The van der Waals surface area contributed by atoms with Crippen LogP contribution in [0, 0.1) is 11.8 Å². The minimum atomic E-state index is 0.320. The third-order valence-corrected chi connectivity index (χ3v) is 5.53. The fraction of sp³-hybridized carbons (Fsp3) is 0.812. The Kier molecular flexibility index (Phi) is 3.66. The van der Waals surface area contributed by atoms with Gasteiger partial charge in [-0.05, 0) is 43.6 Å². The van der Waals surface area contributed by atoms with Crippen LogP contribution in [-0.2, 0) is 4.79 Å². The van der Waals surface area contributed by atoms with Crippen LogP contribution in [0.25, 0.3) is 0 Å². The van der Waals surface area contributed by atoms with Gasteiger partial charge in [-0.2, -0.15) is 0 Å². The number of carbonyl (C=O) groups is 1. The second kappa shape index (κ2) is 5.28. The molecule has 3 fully saturated rings. The number of piperidine rings is 1. The lowest BCUT2D eigenvalue weighted by Gasteiger charge is -2.47. The summed E-state index contributed by atoms with van der Waals surface area (Å²) in [5.41, 5.74) is 2.33. The van der Waals surface area contributed by atoms with Gasteiger partial charge in [-0.25, -0.2) is 0 Å². The normalized spacial score (nSPS) is 34.5. The molecule has 0 spiro atoms. The predicted molar refractivity (Wildman–Crippen MR) is 76.8 cm³/mol. The summed E-state index contributed by atoms with van der Waals surface area (Å²) < 4.78 is 0. The summed E-state index contributed by atoms with van der Waals surface area (Å²) in [6, 6.07) is 0.522. The van der Waals surface area contributed by atoms with Crippen molar-refractivity contribution in [1.82, 2.24) is 10.2 Å². The highest BCUT2D eigenvalue weighted by molar-refractivity contribution is 5.94. The van der Waals surface area contributed by atoms with E-state index in [9.17, 15) is 4.79 Å². The molecule has 0 aromatic carbocycles. The van der Waals surface area contributed by atoms with Crippen LogP contribution >= 0.6 is 0 Å². The Balaban J connectivity index is 1.77. The van der Waals surface area contributed by atoms with Gasteiger partial charge in [0.25, 0.3) is 0 Å².